The molecule has 1 aromatic carbocycles. The number of aliphatic hydroxyl groups excluding tert-OH is 4. The molecule has 0 bridgehead atoms. The molecule has 2 heterocycles. The first-order chi connectivity index (χ1) is 18.2. The molecule has 0 amide bonds. The number of aldehydes is 1. The summed E-state index contributed by atoms with van der Waals surface area (Å²) in [6.45, 7) is -0.660. The number of aliphatic hydroxyl groups is 4. The zero-order valence-electron chi connectivity index (χ0n) is 20.6. The second kappa shape index (κ2) is 13.6. The fraction of sp³-hybridized carbons (Fsp3) is 0.560. The molecule has 13 nitrogen and oxygen atoms in total. The summed E-state index contributed by atoms with van der Waals surface area (Å²) >= 11 is 0. The van der Waals surface area contributed by atoms with Gasteiger partial charge in [-0.3, -0.25) is 4.79 Å². The van der Waals surface area contributed by atoms with Crippen LogP contribution in [0.4, 0.5) is 0 Å². The molecule has 0 spiro atoms. The Morgan fingerprint density at radius 2 is 1.76 bits per heavy atom. The van der Waals surface area contributed by atoms with E-state index in [4.69, 9.17) is 23.7 Å². The number of carbonyl (C=O) groups excluding carboxylic acids is 3. The Hall–Kier alpha value is -3.07. The monoisotopic (exact) mass is 540 g/mol. The van der Waals surface area contributed by atoms with Crippen LogP contribution >= 0.6 is 0 Å². The average Bonchev–Trinajstić information content (AvgIpc) is 2.91. The molecular weight excluding hydrogens is 508 g/mol. The molecule has 2 aliphatic rings. The summed E-state index contributed by atoms with van der Waals surface area (Å²) in [6, 6.07) is 6.38. The van der Waals surface area contributed by atoms with Crippen molar-refractivity contribution in [2.45, 2.75) is 56.3 Å². The molecule has 38 heavy (non-hydrogen) atoms. The standard InChI is InChI=1S/C25H32O13/c1-34-23(33)17-12-36-24(38-25-22(32)21(31)20(30)18(11-27)37-25)15(6-8-26)16(17)10-19(29)35-9-7-13-2-4-14(28)5-3-13/h2-5,8,12,15-16,18,20-22,24-25,27-28,30-32H,6-7,9-11H2,1H3/t15-,16+,18-,20-,21+,22-,24+,25+/m1/s1. The summed E-state index contributed by atoms with van der Waals surface area (Å²) in [5.74, 6) is -3.25. The van der Waals surface area contributed by atoms with Gasteiger partial charge < -0.3 is 54.0 Å². The number of esters is 2. The van der Waals surface area contributed by atoms with E-state index in [1.165, 1.54) is 12.1 Å². The van der Waals surface area contributed by atoms with Crippen LogP contribution in [0.1, 0.15) is 18.4 Å². The van der Waals surface area contributed by atoms with Crippen molar-refractivity contribution >= 4 is 18.2 Å². The minimum absolute atomic E-state index is 0.0211. The van der Waals surface area contributed by atoms with Crippen LogP contribution < -0.4 is 0 Å². The number of rotatable bonds is 11. The Morgan fingerprint density at radius 3 is 2.39 bits per heavy atom. The maximum atomic E-state index is 12.7. The van der Waals surface area contributed by atoms with Gasteiger partial charge in [-0.25, -0.2) is 4.79 Å². The van der Waals surface area contributed by atoms with Crippen LogP contribution in [-0.4, -0.2) is 101 Å². The number of aromatic hydroxyl groups is 1. The fourth-order valence-corrected chi connectivity index (χ4v) is 4.34. The third kappa shape index (κ3) is 7.07. The van der Waals surface area contributed by atoms with Gasteiger partial charge in [0.2, 0.25) is 6.29 Å². The van der Waals surface area contributed by atoms with Crippen molar-refractivity contribution in [3.05, 3.63) is 41.7 Å². The van der Waals surface area contributed by atoms with E-state index in [9.17, 15) is 39.9 Å². The summed E-state index contributed by atoms with van der Waals surface area (Å²) in [7, 11) is 1.14. The first kappa shape index (κ1) is 29.5. The molecule has 0 radical (unpaired) electrons. The lowest BCUT2D eigenvalue weighted by Crippen LogP contribution is -2.60. The second-order valence-electron chi connectivity index (χ2n) is 8.92. The van der Waals surface area contributed by atoms with E-state index in [0.717, 1.165) is 18.9 Å². The Labute approximate surface area is 218 Å². The lowest BCUT2D eigenvalue weighted by atomic mass is 9.80. The van der Waals surface area contributed by atoms with Crippen LogP contribution in [0.25, 0.3) is 0 Å². The average molecular weight is 541 g/mol. The van der Waals surface area contributed by atoms with E-state index in [0.29, 0.717) is 12.7 Å². The summed E-state index contributed by atoms with van der Waals surface area (Å²) in [5.41, 5.74) is 0.784. The zero-order valence-corrected chi connectivity index (χ0v) is 20.6. The normalized spacial score (nSPS) is 31.0. The van der Waals surface area contributed by atoms with Crippen molar-refractivity contribution in [1.29, 1.82) is 0 Å². The molecule has 0 unspecified atom stereocenters. The lowest BCUT2D eigenvalue weighted by molar-refractivity contribution is -0.341. The molecule has 2 aliphatic heterocycles. The second-order valence-corrected chi connectivity index (χ2v) is 8.92. The third-order valence-electron chi connectivity index (χ3n) is 6.48. The van der Waals surface area contributed by atoms with Gasteiger partial charge in [0.1, 0.15) is 36.5 Å². The number of ether oxygens (including phenoxy) is 5. The van der Waals surface area contributed by atoms with Gasteiger partial charge in [0, 0.05) is 24.7 Å². The molecule has 0 saturated carbocycles. The minimum Gasteiger partial charge on any atom is -0.508 e. The van der Waals surface area contributed by atoms with Gasteiger partial charge in [-0.15, -0.1) is 0 Å². The van der Waals surface area contributed by atoms with E-state index in [1.807, 2.05) is 0 Å². The number of hydrogen-bond donors (Lipinski definition) is 5. The molecule has 0 aromatic heterocycles. The number of methoxy groups -OCH3 is 1. The molecule has 210 valence electrons. The molecule has 5 N–H and O–H groups in total. The molecule has 1 fully saturated rings. The number of benzene rings is 1. The highest BCUT2D eigenvalue weighted by Gasteiger charge is 2.48. The van der Waals surface area contributed by atoms with Crippen molar-refractivity contribution in [2.75, 3.05) is 20.3 Å². The van der Waals surface area contributed by atoms with Crippen molar-refractivity contribution in [3.63, 3.8) is 0 Å². The van der Waals surface area contributed by atoms with Crippen LogP contribution in [0.3, 0.4) is 0 Å². The van der Waals surface area contributed by atoms with E-state index in [1.54, 1.807) is 12.1 Å². The molecule has 0 aliphatic carbocycles. The molecule has 13 heteroatoms. The predicted octanol–water partition coefficient (Wildman–Crippen LogP) is -1.08. The van der Waals surface area contributed by atoms with Crippen molar-refractivity contribution in [2.24, 2.45) is 11.8 Å². The van der Waals surface area contributed by atoms with E-state index < -0.39 is 67.4 Å². The number of carbonyl (C=O) groups is 3. The summed E-state index contributed by atoms with van der Waals surface area (Å²) < 4.78 is 26.6. The first-order valence-corrected chi connectivity index (χ1v) is 12.0. The van der Waals surface area contributed by atoms with Gasteiger partial charge in [0.05, 0.1) is 38.6 Å². The Morgan fingerprint density at radius 1 is 1.05 bits per heavy atom. The highest BCUT2D eigenvalue weighted by atomic mass is 16.8. The maximum Gasteiger partial charge on any atom is 0.337 e. The molecule has 1 aromatic rings. The van der Waals surface area contributed by atoms with Gasteiger partial charge in [0.25, 0.3) is 0 Å². The van der Waals surface area contributed by atoms with Gasteiger partial charge in [0.15, 0.2) is 6.29 Å². The predicted molar refractivity (Wildman–Crippen MR) is 125 cm³/mol. The number of phenolic OH excluding ortho intramolecular Hbond substituents is 1. The van der Waals surface area contributed by atoms with Crippen molar-refractivity contribution in [1.82, 2.24) is 0 Å². The quantitative estimate of drug-likeness (QED) is 0.168. The lowest BCUT2D eigenvalue weighted by Gasteiger charge is -2.43. The highest BCUT2D eigenvalue weighted by molar-refractivity contribution is 5.90. The summed E-state index contributed by atoms with van der Waals surface area (Å²) in [5, 5.41) is 49.1. The summed E-state index contributed by atoms with van der Waals surface area (Å²) in [6.07, 6.45) is -7.83. The summed E-state index contributed by atoms with van der Waals surface area (Å²) in [4.78, 5) is 36.7. The van der Waals surface area contributed by atoms with Crippen LogP contribution in [0.5, 0.6) is 5.75 Å². The Bertz CT molecular complexity index is 976. The zero-order chi connectivity index (χ0) is 27.8. The van der Waals surface area contributed by atoms with E-state index >= 15 is 0 Å². The van der Waals surface area contributed by atoms with E-state index in [-0.39, 0.29) is 30.8 Å². The SMILES string of the molecule is COC(=O)C1=CO[C@@H](O[C@@H]2O[C@H](CO)[C@@H](O)[C@H](O)[C@H]2O)[C@H](CC=O)[C@@H]1CC(=O)OCCc1ccc(O)cc1. The number of phenols is 1. The Kier molecular flexibility index (Phi) is 10.6. The molecular formula is C25H32O13. The maximum absolute atomic E-state index is 12.7. The van der Waals surface area contributed by atoms with E-state index in [2.05, 4.69) is 0 Å². The minimum atomic E-state index is -1.73. The van der Waals surface area contributed by atoms with Gasteiger partial charge in [-0.1, -0.05) is 12.1 Å². The molecule has 3 rings (SSSR count). The topological polar surface area (TPSA) is 199 Å². The fourth-order valence-electron chi connectivity index (χ4n) is 4.34. The highest BCUT2D eigenvalue weighted by Crippen LogP contribution is 2.38. The molecule has 8 atom stereocenters. The first-order valence-electron chi connectivity index (χ1n) is 12.0. The Balaban J connectivity index is 1.73. The van der Waals surface area contributed by atoms with Crippen molar-refractivity contribution in [3.8, 4) is 5.75 Å². The molecule has 1 saturated heterocycles. The van der Waals surface area contributed by atoms with Gasteiger partial charge in [-0.05, 0) is 17.7 Å². The smallest absolute Gasteiger partial charge is 0.337 e. The third-order valence-corrected chi connectivity index (χ3v) is 6.48. The van der Waals surface area contributed by atoms with Crippen LogP contribution in [0, 0.1) is 11.8 Å². The largest absolute Gasteiger partial charge is 0.508 e. The van der Waals surface area contributed by atoms with Gasteiger partial charge in [-0.2, -0.15) is 0 Å². The van der Waals surface area contributed by atoms with Crippen molar-refractivity contribution < 1.29 is 63.6 Å². The number of hydrogen-bond acceptors (Lipinski definition) is 13. The van der Waals surface area contributed by atoms with Crippen LogP contribution in [0.15, 0.2) is 36.1 Å². The van der Waals surface area contributed by atoms with Gasteiger partial charge >= 0.3 is 11.9 Å². The van der Waals surface area contributed by atoms with Crippen LogP contribution in [-0.2, 0) is 44.5 Å². The van der Waals surface area contributed by atoms with Crippen LogP contribution in [0.2, 0.25) is 0 Å².